The fraction of sp³-hybridized carbons (Fsp3) is 0.500. The number of sulfonamides is 1. The summed E-state index contributed by atoms with van der Waals surface area (Å²) >= 11 is 0. The number of hydrogen-bond donors (Lipinski definition) is 2. The number of hydrogen-bond acceptors (Lipinski definition) is 4. The molecule has 1 heterocycles. The minimum Gasteiger partial charge on any atom is -0.381 e. The van der Waals surface area contributed by atoms with Crippen LogP contribution >= 0.6 is 0 Å². The van der Waals surface area contributed by atoms with Gasteiger partial charge in [-0.05, 0) is 6.42 Å². The predicted octanol–water partition coefficient (Wildman–Crippen LogP) is 0.0825. The molecule has 0 saturated carbocycles. The Kier molecular flexibility index (Phi) is 4.15. The Morgan fingerprint density at radius 2 is 2.35 bits per heavy atom. The first-order valence-corrected chi connectivity index (χ1v) is 6.63. The van der Waals surface area contributed by atoms with Crippen molar-refractivity contribution in [2.45, 2.75) is 30.8 Å². The molecule has 0 aliphatic heterocycles. The van der Waals surface area contributed by atoms with Gasteiger partial charge in [-0.3, -0.25) is 0 Å². The Morgan fingerprint density at radius 1 is 1.71 bits per heavy atom. The summed E-state index contributed by atoms with van der Waals surface area (Å²) in [5.74, 6) is 2.42. The van der Waals surface area contributed by atoms with Crippen molar-refractivity contribution in [3.05, 3.63) is 6.33 Å². The van der Waals surface area contributed by atoms with E-state index in [0.717, 1.165) is 0 Å². The van der Waals surface area contributed by atoms with E-state index in [1.165, 1.54) is 10.9 Å². The van der Waals surface area contributed by atoms with E-state index in [0.29, 0.717) is 12.8 Å². The molecule has 1 rings (SSSR count). The van der Waals surface area contributed by atoms with Crippen LogP contribution in [-0.4, -0.2) is 24.0 Å². The third-order valence-corrected chi connectivity index (χ3v) is 3.99. The van der Waals surface area contributed by atoms with Gasteiger partial charge in [0.2, 0.25) is 0 Å². The number of aromatic nitrogens is 2. The van der Waals surface area contributed by atoms with Gasteiger partial charge in [0.15, 0.2) is 10.8 Å². The van der Waals surface area contributed by atoms with E-state index in [9.17, 15) is 8.42 Å². The molecule has 0 saturated heterocycles. The van der Waals surface area contributed by atoms with Crippen molar-refractivity contribution in [3.63, 3.8) is 0 Å². The summed E-state index contributed by atoms with van der Waals surface area (Å²) in [7, 11) is -2.11. The van der Waals surface area contributed by atoms with Crippen LogP contribution in [0.1, 0.15) is 19.8 Å². The highest BCUT2D eigenvalue weighted by atomic mass is 32.2. The summed E-state index contributed by atoms with van der Waals surface area (Å²) in [6, 6.07) is -0.292. The number of nitrogens with one attached hydrogen (secondary N) is 1. The molecule has 17 heavy (non-hydrogen) atoms. The van der Waals surface area contributed by atoms with E-state index in [2.05, 4.69) is 15.6 Å². The summed E-state index contributed by atoms with van der Waals surface area (Å²) in [6.45, 7) is 1.86. The van der Waals surface area contributed by atoms with Crippen LogP contribution in [0.3, 0.4) is 0 Å². The maximum Gasteiger partial charge on any atom is 0.260 e. The first kappa shape index (κ1) is 13.5. The number of imidazole rings is 1. The van der Waals surface area contributed by atoms with E-state index in [1.54, 1.807) is 7.05 Å². The molecule has 1 aromatic rings. The fourth-order valence-corrected chi connectivity index (χ4v) is 3.01. The lowest BCUT2D eigenvalue weighted by molar-refractivity contribution is 0.537. The Balaban J connectivity index is 3.01. The van der Waals surface area contributed by atoms with E-state index < -0.39 is 10.0 Å². The monoisotopic (exact) mass is 256 g/mol. The van der Waals surface area contributed by atoms with Crippen molar-refractivity contribution in [3.8, 4) is 12.3 Å². The van der Waals surface area contributed by atoms with Gasteiger partial charge in [0, 0.05) is 19.5 Å². The Hall–Kier alpha value is -1.52. The van der Waals surface area contributed by atoms with Gasteiger partial charge in [0.05, 0.1) is 6.33 Å². The normalized spacial score (nSPS) is 13.2. The summed E-state index contributed by atoms with van der Waals surface area (Å²) in [4.78, 5) is 3.74. The number of nitrogens with two attached hydrogens (primary N) is 1. The average molecular weight is 256 g/mol. The molecular weight excluding hydrogens is 240 g/mol. The van der Waals surface area contributed by atoms with Gasteiger partial charge in [-0.1, -0.05) is 6.92 Å². The molecule has 1 unspecified atom stereocenters. The van der Waals surface area contributed by atoms with E-state index >= 15 is 0 Å². The SMILES string of the molecule is C#CCC(CC)NS(=O)(=O)c1c(N)ncn1C. The smallest absolute Gasteiger partial charge is 0.260 e. The molecule has 0 aliphatic rings. The molecule has 0 amide bonds. The highest BCUT2D eigenvalue weighted by Crippen LogP contribution is 2.16. The summed E-state index contributed by atoms with van der Waals surface area (Å²) in [5.41, 5.74) is 5.53. The van der Waals surface area contributed by atoms with Crippen molar-refractivity contribution in [1.29, 1.82) is 0 Å². The van der Waals surface area contributed by atoms with Gasteiger partial charge in [0.1, 0.15) is 0 Å². The second-order valence-corrected chi connectivity index (χ2v) is 5.31. The topological polar surface area (TPSA) is 90.0 Å². The van der Waals surface area contributed by atoms with Gasteiger partial charge in [0.25, 0.3) is 10.0 Å². The second-order valence-electron chi connectivity index (χ2n) is 3.68. The van der Waals surface area contributed by atoms with Crippen LogP contribution in [0, 0.1) is 12.3 Å². The average Bonchev–Trinajstić information content (AvgIpc) is 2.58. The summed E-state index contributed by atoms with van der Waals surface area (Å²) in [6.07, 6.45) is 7.48. The molecule has 1 aromatic heterocycles. The molecular formula is C10H16N4O2S. The molecule has 6 nitrogen and oxygen atoms in total. The van der Waals surface area contributed by atoms with E-state index in [4.69, 9.17) is 12.2 Å². The van der Waals surface area contributed by atoms with Crippen molar-refractivity contribution >= 4 is 15.8 Å². The third-order valence-electron chi connectivity index (χ3n) is 2.34. The minimum atomic E-state index is -3.68. The van der Waals surface area contributed by atoms with Crippen LogP contribution in [0.2, 0.25) is 0 Å². The molecule has 0 fully saturated rings. The highest BCUT2D eigenvalue weighted by Gasteiger charge is 2.24. The number of nitrogens with zero attached hydrogens (tertiary/aromatic N) is 2. The van der Waals surface area contributed by atoms with Crippen LogP contribution in [0.15, 0.2) is 11.4 Å². The van der Waals surface area contributed by atoms with Crippen molar-refractivity contribution in [1.82, 2.24) is 14.3 Å². The summed E-state index contributed by atoms with van der Waals surface area (Å²) < 4.78 is 28.0. The lowest BCUT2D eigenvalue weighted by Gasteiger charge is -2.14. The molecule has 3 N–H and O–H groups in total. The van der Waals surface area contributed by atoms with Crippen LogP contribution in [-0.2, 0) is 17.1 Å². The minimum absolute atomic E-state index is 0.0180. The first-order valence-electron chi connectivity index (χ1n) is 5.15. The summed E-state index contributed by atoms with van der Waals surface area (Å²) in [5, 5.41) is -0.0343. The molecule has 0 aliphatic carbocycles. The maximum atomic E-state index is 12.1. The largest absolute Gasteiger partial charge is 0.381 e. The highest BCUT2D eigenvalue weighted by molar-refractivity contribution is 7.89. The zero-order valence-corrected chi connectivity index (χ0v) is 10.7. The van der Waals surface area contributed by atoms with Crippen LogP contribution in [0.25, 0.3) is 0 Å². The molecule has 0 bridgehead atoms. The number of rotatable bonds is 5. The third kappa shape index (κ3) is 2.99. The zero-order valence-electron chi connectivity index (χ0n) is 9.84. The fourth-order valence-electron chi connectivity index (χ4n) is 1.45. The lowest BCUT2D eigenvalue weighted by atomic mass is 10.2. The Labute approximate surface area is 101 Å². The van der Waals surface area contributed by atoms with Crippen molar-refractivity contribution < 1.29 is 8.42 Å². The number of anilines is 1. The molecule has 7 heteroatoms. The Morgan fingerprint density at radius 3 is 2.76 bits per heavy atom. The van der Waals surface area contributed by atoms with Gasteiger partial charge >= 0.3 is 0 Å². The maximum absolute atomic E-state index is 12.1. The van der Waals surface area contributed by atoms with Gasteiger partial charge < -0.3 is 10.3 Å². The predicted molar refractivity (Wildman–Crippen MR) is 65.5 cm³/mol. The quantitative estimate of drug-likeness (QED) is 0.730. The van der Waals surface area contributed by atoms with Gasteiger partial charge in [-0.25, -0.2) is 18.1 Å². The Bertz CT molecular complexity index is 507. The number of aryl methyl sites for hydroxylation is 1. The molecule has 1 atom stereocenters. The molecule has 94 valence electrons. The zero-order chi connectivity index (χ0) is 13.1. The van der Waals surface area contributed by atoms with Crippen molar-refractivity contribution in [2.75, 3.05) is 5.73 Å². The number of nitrogen functional groups attached to an aromatic ring is 1. The van der Waals surface area contributed by atoms with Crippen LogP contribution < -0.4 is 10.5 Å². The standard InChI is InChI=1S/C10H16N4O2S/c1-4-6-8(5-2)13-17(15,16)10-9(11)12-7-14(10)3/h1,7-8,13H,5-6,11H2,2-3H3. The first-order chi connectivity index (χ1) is 7.92. The number of terminal acetylenes is 1. The van der Waals surface area contributed by atoms with E-state index in [1.807, 2.05) is 6.92 Å². The molecule has 0 radical (unpaired) electrons. The van der Waals surface area contributed by atoms with Crippen LogP contribution in [0.4, 0.5) is 5.82 Å². The van der Waals surface area contributed by atoms with Gasteiger partial charge in [-0.15, -0.1) is 12.3 Å². The van der Waals surface area contributed by atoms with Gasteiger partial charge in [-0.2, -0.15) is 0 Å². The van der Waals surface area contributed by atoms with Crippen molar-refractivity contribution in [2.24, 2.45) is 7.05 Å². The second kappa shape index (κ2) is 5.21. The van der Waals surface area contributed by atoms with E-state index in [-0.39, 0.29) is 16.9 Å². The molecule has 0 aromatic carbocycles. The van der Waals surface area contributed by atoms with Crippen LogP contribution in [0.5, 0.6) is 0 Å². The lowest BCUT2D eigenvalue weighted by Crippen LogP contribution is -2.35. The molecule has 0 spiro atoms.